The number of nitrogens with zero attached hydrogens (tertiary/aromatic N) is 1. The molecule has 16 heavy (non-hydrogen) atoms. The molecule has 0 aromatic carbocycles. The zero-order valence-electron chi connectivity index (χ0n) is 8.57. The molecule has 0 aliphatic carbocycles. The Labute approximate surface area is 91.4 Å². The number of hydrogen-bond acceptors (Lipinski definition) is 3. The summed E-state index contributed by atoms with van der Waals surface area (Å²) in [4.78, 5) is 4.02. The standard InChI is InChI=1S/C10H13F3N2O/c11-10(12,13)7-16-6-8(14)5-9-3-1-2-4-15-9/h1-4,8H,5-7,14H2. The third-order valence-electron chi connectivity index (χ3n) is 1.80. The Morgan fingerprint density at radius 3 is 2.69 bits per heavy atom. The van der Waals surface area contributed by atoms with Crippen molar-refractivity contribution in [2.75, 3.05) is 13.2 Å². The van der Waals surface area contributed by atoms with Gasteiger partial charge in [-0.15, -0.1) is 0 Å². The lowest BCUT2D eigenvalue weighted by atomic mass is 10.1. The zero-order valence-corrected chi connectivity index (χ0v) is 8.57. The van der Waals surface area contributed by atoms with Gasteiger partial charge in [-0.25, -0.2) is 0 Å². The number of rotatable bonds is 5. The van der Waals surface area contributed by atoms with Crippen LogP contribution < -0.4 is 5.73 Å². The van der Waals surface area contributed by atoms with Crippen LogP contribution in [0.4, 0.5) is 13.2 Å². The van der Waals surface area contributed by atoms with Crippen LogP contribution in [0, 0.1) is 0 Å². The van der Waals surface area contributed by atoms with Crippen LogP contribution in [-0.4, -0.2) is 30.4 Å². The summed E-state index contributed by atoms with van der Waals surface area (Å²) in [5.41, 5.74) is 6.34. The van der Waals surface area contributed by atoms with Crippen molar-refractivity contribution in [3.05, 3.63) is 30.1 Å². The van der Waals surface area contributed by atoms with Crippen molar-refractivity contribution in [3.63, 3.8) is 0 Å². The Kier molecular flexibility index (Phi) is 4.70. The fraction of sp³-hybridized carbons (Fsp3) is 0.500. The summed E-state index contributed by atoms with van der Waals surface area (Å²) < 4.78 is 39.7. The third-order valence-corrected chi connectivity index (χ3v) is 1.80. The van der Waals surface area contributed by atoms with E-state index in [0.717, 1.165) is 5.69 Å². The molecule has 2 N–H and O–H groups in total. The summed E-state index contributed by atoms with van der Waals surface area (Å²) in [6.45, 7) is -1.39. The van der Waals surface area contributed by atoms with E-state index in [-0.39, 0.29) is 6.61 Å². The molecule has 1 aromatic heterocycles. The minimum Gasteiger partial charge on any atom is -0.370 e. The van der Waals surface area contributed by atoms with Gasteiger partial charge in [0.15, 0.2) is 0 Å². The van der Waals surface area contributed by atoms with Crippen LogP contribution in [-0.2, 0) is 11.2 Å². The molecule has 6 heteroatoms. The fourth-order valence-electron chi connectivity index (χ4n) is 1.17. The minimum absolute atomic E-state index is 0.129. The molecule has 90 valence electrons. The summed E-state index contributed by atoms with van der Waals surface area (Å²) in [5, 5.41) is 0. The lowest BCUT2D eigenvalue weighted by molar-refractivity contribution is -0.174. The molecule has 0 amide bonds. The molecule has 0 aliphatic rings. The van der Waals surface area contributed by atoms with Crippen LogP contribution in [0.15, 0.2) is 24.4 Å². The average molecular weight is 234 g/mol. The predicted molar refractivity (Wildman–Crippen MR) is 52.8 cm³/mol. The molecule has 1 unspecified atom stereocenters. The Balaban J connectivity index is 2.24. The van der Waals surface area contributed by atoms with Gasteiger partial charge in [-0.05, 0) is 12.1 Å². The SMILES string of the molecule is NC(COCC(F)(F)F)Cc1ccccn1. The number of pyridine rings is 1. The first-order chi connectivity index (χ1) is 7.47. The predicted octanol–water partition coefficient (Wildman–Crippen LogP) is 1.53. The maximum Gasteiger partial charge on any atom is 0.411 e. The Morgan fingerprint density at radius 2 is 2.12 bits per heavy atom. The van der Waals surface area contributed by atoms with Crippen LogP contribution >= 0.6 is 0 Å². The number of aromatic nitrogens is 1. The number of nitrogens with two attached hydrogens (primary N) is 1. The molecule has 1 atom stereocenters. The van der Waals surface area contributed by atoms with Gasteiger partial charge in [0.25, 0.3) is 0 Å². The van der Waals surface area contributed by atoms with Crippen molar-refractivity contribution in [3.8, 4) is 0 Å². The Bertz CT molecular complexity index is 303. The lowest BCUT2D eigenvalue weighted by Gasteiger charge is -2.12. The van der Waals surface area contributed by atoms with Crippen molar-refractivity contribution < 1.29 is 17.9 Å². The molecule has 0 spiro atoms. The van der Waals surface area contributed by atoms with E-state index in [1.165, 1.54) is 0 Å². The van der Waals surface area contributed by atoms with E-state index in [0.29, 0.717) is 6.42 Å². The molecule has 0 saturated heterocycles. The molecule has 1 aromatic rings. The van der Waals surface area contributed by atoms with Crippen molar-refractivity contribution in [1.82, 2.24) is 4.98 Å². The molecular formula is C10H13F3N2O. The van der Waals surface area contributed by atoms with Crippen LogP contribution in [0.2, 0.25) is 0 Å². The van der Waals surface area contributed by atoms with E-state index in [1.54, 1.807) is 24.4 Å². The summed E-state index contributed by atoms with van der Waals surface area (Å²) >= 11 is 0. The first-order valence-electron chi connectivity index (χ1n) is 4.77. The van der Waals surface area contributed by atoms with Gasteiger partial charge in [0, 0.05) is 24.4 Å². The Morgan fingerprint density at radius 1 is 1.38 bits per heavy atom. The van der Waals surface area contributed by atoms with Crippen molar-refractivity contribution in [2.24, 2.45) is 5.73 Å². The number of ether oxygens (including phenoxy) is 1. The summed E-state index contributed by atoms with van der Waals surface area (Å²) in [5.74, 6) is 0. The molecule has 0 fully saturated rings. The van der Waals surface area contributed by atoms with Gasteiger partial charge < -0.3 is 10.5 Å². The molecule has 0 saturated carbocycles. The van der Waals surface area contributed by atoms with Gasteiger partial charge in [0.05, 0.1) is 6.61 Å². The molecule has 1 rings (SSSR count). The van der Waals surface area contributed by atoms with Crippen LogP contribution in [0.3, 0.4) is 0 Å². The normalized spacial score (nSPS) is 13.8. The zero-order chi connectivity index (χ0) is 12.0. The second kappa shape index (κ2) is 5.81. The fourth-order valence-corrected chi connectivity index (χ4v) is 1.17. The monoisotopic (exact) mass is 234 g/mol. The summed E-state index contributed by atoms with van der Waals surface area (Å²) in [6.07, 6.45) is -2.29. The number of alkyl halides is 3. The number of hydrogen-bond donors (Lipinski definition) is 1. The lowest BCUT2D eigenvalue weighted by Crippen LogP contribution is -2.31. The number of halogens is 3. The van der Waals surface area contributed by atoms with Gasteiger partial charge in [0.2, 0.25) is 0 Å². The van der Waals surface area contributed by atoms with Crippen molar-refractivity contribution >= 4 is 0 Å². The van der Waals surface area contributed by atoms with Gasteiger partial charge in [0.1, 0.15) is 6.61 Å². The summed E-state index contributed by atoms with van der Waals surface area (Å²) in [6, 6.07) is 4.85. The highest BCUT2D eigenvalue weighted by molar-refractivity contribution is 5.04. The van der Waals surface area contributed by atoms with E-state index in [9.17, 15) is 13.2 Å². The summed E-state index contributed by atoms with van der Waals surface area (Å²) in [7, 11) is 0. The van der Waals surface area contributed by atoms with E-state index < -0.39 is 18.8 Å². The maximum atomic E-state index is 11.8. The largest absolute Gasteiger partial charge is 0.411 e. The highest BCUT2D eigenvalue weighted by atomic mass is 19.4. The van der Waals surface area contributed by atoms with E-state index in [4.69, 9.17) is 5.73 Å². The van der Waals surface area contributed by atoms with E-state index in [1.807, 2.05) is 0 Å². The van der Waals surface area contributed by atoms with E-state index >= 15 is 0 Å². The smallest absolute Gasteiger partial charge is 0.370 e. The molecule has 0 radical (unpaired) electrons. The third kappa shape index (κ3) is 5.67. The molecule has 0 bridgehead atoms. The molecular weight excluding hydrogens is 221 g/mol. The average Bonchev–Trinajstić information content (AvgIpc) is 2.17. The van der Waals surface area contributed by atoms with Crippen molar-refractivity contribution in [1.29, 1.82) is 0 Å². The van der Waals surface area contributed by atoms with Gasteiger partial charge in [-0.2, -0.15) is 13.2 Å². The van der Waals surface area contributed by atoms with Gasteiger partial charge in [-0.3, -0.25) is 4.98 Å². The maximum absolute atomic E-state index is 11.8. The van der Waals surface area contributed by atoms with Gasteiger partial charge >= 0.3 is 6.18 Å². The van der Waals surface area contributed by atoms with Gasteiger partial charge in [-0.1, -0.05) is 6.07 Å². The highest BCUT2D eigenvalue weighted by Crippen LogP contribution is 2.14. The molecule has 3 nitrogen and oxygen atoms in total. The van der Waals surface area contributed by atoms with Crippen LogP contribution in [0.25, 0.3) is 0 Å². The highest BCUT2D eigenvalue weighted by Gasteiger charge is 2.27. The second-order valence-corrected chi connectivity index (χ2v) is 3.42. The van der Waals surface area contributed by atoms with Crippen LogP contribution in [0.5, 0.6) is 0 Å². The quantitative estimate of drug-likeness (QED) is 0.840. The molecule has 1 heterocycles. The topological polar surface area (TPSA) is 48.1 Å². The van der Waals surface area contributed by atoms with E-state index in [2.05, 4.69) is 9.72 Å². The van der Waals surface area contributed by atoms with Crippen molar-refractivity contribution in [2.45, 2.75) is 18.6 Å². The first kappa shape index (κ1) is 12.9. The second-order valence-electron chi connectivity index (χ2n) is 3.42. The minimum atomic E-state index is -4.30. The van der Waals surface area contributed by atoms with Crippen LogP contribution in [0.1, 0.15) is 5.69 Å². The Hall–Kier alpha value is -1.14. The molecule has 0 aliphatic heterocycles. The first-order valence-corrected chi connectivity index (χ1v) is 4.77.